The molecule has 0 bridgehead atoms. The van der Waals surface area contributed by atoms with Crippen molar-refractivity contribution in [1.82, 2.24) is 9.62 Å². The Hall–Kier alpha value is 0.0500. The summed E-state index contributed by atoms with van der Waals surface area (Å²) in [5.74, 6) is 0.203. The van der Waals surface area contributed by atoms with Crippen LogP contribution in [0.1, 0.15) is 24.6 Å². The second-order valence-corrected chi connectivity index (χ2v) is 9.47. The maximum Gasteiger partial charge on any atom is 0.213 e. The summed E-state index contributed by atoms with van der Waals surface area (Å²) in [6.07, 6.45) is 1.79. The Balaban J connectivity index is 1.78. The summed E-state index contributed by atoms with van der Waals surface area (Å²) in [6.45, 7) is 3.85. The molecule has 0 saturated carbocycles. The molecule has 0 atom stereocenters. The van der Waals surface area contributed by atoms with Gasteiger partial charge in [0, 0.05) is 30.6 Å². The molecule has 0 aliphatic carbocycles. The first kappa shape index (κ1) is 15.4. The van der Waals surface area contributed by atoms with Gasteiger partial charge in [0.25, 0.3) is 0 Å². The van der Waals surface area contributed by atoms with Crippen molar-refractivity contribution in [2.24, 2.45) is 0 Å². The lowest BCUT2D eigenvalue weighted by molar-refractivity contribution is 0.289. The summed E-state index contributed by atoms with van der Waals surface area (Å²) in [5.41, 5.74) is 0. The minimum absolute atomic E-state index is 0.203. The molecule has 1 saturated heterocycles. The van der Waals surface area contributed by atoms with Gasteiger partial charge in [-0.05, 0) is 47.8 Å². The molecule has 1 aromatic rings. The number of hydrogen-bond acceptors (Lipinski definition) is 4. The zero-order chi connectivity index (χ0) is 13.9. The predicted octanol–water partition coefficient (Wildman–Crippen LogP) is 2.41. The van der Waals surface area contributed by atoms with E-state index in [-0.39, 0.29) is 5.75 Å². The summed E-state index contributed by atoms with van der Waals surface area (Å²) >= 11 is 5.19. The van der Waals surface area contributed by atoms with Crippen LogP contribution in [0.2, 0.25) is 0 Å². The average molecular weight is 367 g/mol. The zero-order valence-electron chi connectivity index (χ0n) is 10.9. The highest BCUT2D eigenvalue weighted by molar-refractivity contribution is 9.11. The molecule has 1 aliphatic heterocycles. The SMILES string of the molecule is CCS(=O)(=O)N1CCC(NCc2ccc(Br)s2)CC1. The van der Waals surface area contributed by atoms with Gasteiger partial charge in [-0.1, -0.05) is 0 Å². The molecule has 108 valence electrons. The second-order valence-electron chi connectivity index (χ2n) is 4.66. The normalized spacial score (nSPS) is 18.8. The Morgan fingerprint density at radius 3 is 2.63 bits per heavy atom. The van der Waals surface area contributed by atoms with Crippen molar-refractivity contribution in [3.8, 4) is 0 Å². The van der Waals surface area contributed by atoms with Crippen molar-refractivity contribution in [3.05, 3.63) is 20.8 Å². The molecule has 1 N–H and O–H groups in total. The van der Waals surface area contributed by atoms with E-state index in [2.05, 4.69) is 33.4 Å². The van der Waals surface area contributed by atoms with Gasteiger partial charge in [0.1, 0.15) is 0 Å². The molecule has 0 aromatic carbocycles. The van der Waals surface area contributed by atoms with Crippen LogP contribution in [-0.4, -0.2) is 37.6 Å². The lowest BCUT2D eigenvalue weighted by atomic mass is 10.1. The first-order chi connectivity index (χ1) is 9.01. The molecule has 1 aromatic heterocycles. The maximum atomic E-state index is 11.7. The van der Waals surface area contributed by atoms with E-state index in [4.69, 9.17) is 0 Å². The molecular formula is C12H19BrN2O2S2. The van der Waals surface area contributed by atoms with Crippen molar-refractivity contribution < 1.29 is 8.42 Å². The quantitative estimate of drug-likeness (QED) is 0.870. The standard InChI is InChI=1S/C12H19BrN2O2S2/c1-2-19(16,17)15-7-5-10(6-8-15)14-9-11-3-4-12(13)18-11/h3-4,10,14H,2,5-9H2,1H3. The van der Waals surface area contributed by atoms with E-state index in [1.54, 1.807) is 22.6 Å². The van der Waals surface area contributed by atoms with Gasteiger partial charge < -0.3 is 5.32 Å². The van der Waals surface area contributed by atoms with Gasteiger partial charge in [0.2, 0.25) is 10.0 Å². The van der Waals surface area contributed by atoms with Gasteiger partial charge in [0.05, 0.1) is 9.54 Å². The van der Waals surface area contributed by atoms with Crippen molar-refractivity contribution >= 4 is 37.3 Å². The van der Waals surface area contributed by atoms with Gasteiger partial charge in [-0.2, -0.15) is 0 Å². The molecule has 2 heterocycles. The molecule has 0 amide bonds. The van der Waals surface area contributed by atoms with Crippen LogP contribution >= 0.6 is 27.3 Å². The van der Waals surface area contributed by atoms with E-state index < -0.39 is 10.0 Å². The Morgan fingerprint density at radius 1 is 1.42 bits per heavy atom. The summed E-state index contributed by atoms with van der Waals surface area (Å²) in [6, 6.07) is 4.58. The lowest BCUT2D eigenvalue weighted by Gasteiger charge is -2.31. The van der Waals surface area contributed by atoms with Crippen LogP contribution in [0, 0.1) is 0 Å². The smallest absolute Gasteiger partial charge is 0.213 e. The van der Waals surface area contributed by atoms with Crippen molar-refractivity contribution in [3.63, 3.8) is 0 Å². The Bertz CT molecular complexity index is 508. The van der Waals surface area contributed by atoms with Gasteiger partial charge >= 0.3 is 0 Å². The first-order valence-corrected chi connectivity index (χ1v) is 9.68. The maximum absolute atomic E-state index is 11.7. The topological polar surface area (TPSA) is 49.4 Å². The fourth-order valence-corrected chi connectivity index (χ4v) is 4.78. The second kappa shape index (κ2) is 6.67. The predicted molar refractivity (Wildman–Crippen MR) is 82.9 cm³/mol. The molecule has 7 heteroatoms. The van der Waals surface area contributed by atoms with Crippen LogP contribution in [0.15, 0.2) is 15.9 Å². The highest BCUT2D eigenvalue weighted by atomic mass is 79.9. The fraction of sp³-hybridized carbons (Fsp3) is 0.667. The molecule has 19 heavy (non-hydrogen) atoms. The molecule has 0 unspecified atom stereocenters. The van der Waals surface area contributed by atoms with Crippen LogP contribution < -0.4 is 5.32 Å². The fourth-order valence-electron chi connectivity index (χ4n) is 2.21. The van der Waals surface area contributed by atoms with Crippen molar-refractivity contribution in [1.29, 1.82) is 0 Å². The largest absolute Gasteiger partial charge is 0.309 e. The Labute approximate surface area is 127 Å². The highest BCUT2D eigenvalue weighted by Gasteiger charge is 2.26. The van der Waals surface area contributed by atoms with E-state index in [9.17, 15) is 8.42 Å². The third-order valence-corrected chi connectivity index (χ3v) is 6.91. The third-order valence-electron chi connectivity index (χ3n) is 3.41. The molecule has 2 rings (SSSR count). The van der Waals surface area contributed by atoms with E-state index in [0.717, 1.165) is 23.2 Å². The Morgan fingerprint density at radius 2 is 2.11 bits per heavy atom. The van der Waals surface area contributed by atoms with Crippen LogP contribution in [0.4, 0.5) is 0 Å². The van der Waals surface area contributed by atoms with Gasteiger partial charge in [-0.25, -0.2) is 12.7 Å². The van der Waals surface area contributed by atoms with Crippen LogP contribution in [0.5, 0.6) is 0 Å². The number of rotatable bonds is 5. The number of halogens is 1. The lowest BCUT2D eigenvalue weighted by Crippen LogP contribution is -2.45. The molecule has 0 spiro atoms. The van der Waals surface area contributed by atoms with E-state index in [1.807, 2.05) is 0 Å². The summed E-state index contributed by atoms with van der Waals surface area (Å²) < 4.78 is 26.3. The molecular weight excluding hydrogens is 348 g/mol. The number of thiophene rings is 1. The number of hydrogen-bond donors (Lipinski definition) is 1. The van der Waals surface area contributed by atoms with Crippen LogP contribution in [-0.2, 0) is 16.6 Å². The highest BCUT2D eigenvalue weighted by Crippen LogP contribution is 2.22. The van der Waals surface area contributed by atoms with Gasteiger partial charge in [-0.3, -0.25) is 0 Å². The van der Waals surface area contributed by atoms with Crippen LogP contribution in [0.25, 0.3) is 0 Å². The minimum Gasteiger partial charge on any atom is -0.309 e. The number of nitrogens with zero attached hydrogens (tertiary/aromatic N) is 1. The summed E-state index contributed by atoms with van der Waals surface area (Å²) in [7, 11) is -3.01. The van der Waals surface area contributed by atoms with Crippen molar-refractivity contribution in [2.45, 2.75) is 32.4 Å². The third kappa shape index (κ3) is 4.26. The number of sulfonamides is 1. The van der Waals surface area contributed by atoms with Crippen LogP contribution in [0.3, 0.4) is 0 Å². The van der Waals surface area contributed by atoms with E-state index >= 15 is 0 Å². The van der Waals surface area contributed by atoms with Gasteiger partial charge in [-0.15, -0.1) is 11.3 Å². The summed E-state index contributed by atoms with van der Waals surface area (Å²) in [4.78, 5) is 1.30. The van der Waals surface area contributed by atoms with Gasteiger partial charge in [0.15, 0.2) is 0 Å². The molecule has 4 nitrogen and oxygen atoms in total. The van der Waals surface area contributed by atoms with E-state index in [1.165, 1.54) is 4.88 Å². The molecule has 0 radical (unpaired) electrons. The molecule has 1 fully saturated rings. The first-order valence-electron chi connectivity index (χ1n) is 6.46. The number of nitrogens with one attached hydrogen (secondary N) is 1. The number of piperidine rings is 1. The molecule has 1 aliphatic rings. The summed E-state index contributed by atoms with van der Waals surface area (Å²) in [5, 5.41) is 3.51. The van der Waals surface area contributed by atoms with Crippen molar-refractivity contribution in [2.75, 3.05) is 18.8 Å². The monoisotopic (exact) mass is 366 g/mol. The van der Waals surface area contributed by atoms with E-state index in [0.29, 0.717) is 19.1 Å². The minimum atomic E-state index is -3.01. The zero-order valence-corrected chi connectivity index (χ0v) is 14.2. The average Bonchev–Trinajstić information content (AvgIpc) is 2.83. The Kier molecular flexibility index (Phi) is 5.42.